The van der Waals surface area contributed by atoms with Gasteiger partial charge < -0.3 is 10.1 Å². The molecule has 2 aromatic carbocycles. The lowest BCUT2D eigenvalue weighted by Gasteiger charge is -2.13. The van der Waals surface area contributed by atoms with E-state index in [-0.39, 0.29) is 18.6 Å². The van der Waals surface area contributed by atoms with E-state index >= 15 is 0 Å². The molecule has 1 atom stereocenters. The van der Waals surface area contributed by atoms with Crippen molar-refractivity contribution < 1.29 is 14.3 Å². The van der Waals surface area contributed by atoms with Gasteiger partial charge in [0.2, 0.25) is 0 Å². The molecule has 5 heteroatoms. The van der Waals surface area contributed by atoms with Crippen LogP contribution in [0.3, 0.4) is 0 Å². The topological polar surface area (TPSA) is 55.4 Å². The highest BCUT2D eigenvalue weighted by Crippen LogP contribution is 2.11. The molecule has 0 aliphatic heterocycles. The van der Waals surface area contributed by atoms with E-state index in [4.69, 9.17) is 16.3 Å². The highest BCUT2D eigenvalue weighted by Gasteiger charge is 2.10. The summed E-state index contributed by atoms with van der Waals surface area (Å²) in [6.07, 6.45) is 2.88. The van der Waals surface area contributed by atoms with Crippen LogP contribution in [0.15, 0.2) is 60.7 Å². The van der Waals surface area contributed by atoms with Crippen LogP contribution in [0.2, 0.25) is 5.02 Å². The summed E-state index contributed by atoms with van der Waals surface area (Å²) in [5, 5.41) is 3.40. The molecular formula is C19H18ClNO3. The Hall–Kier alpha value is -2.59. The summed E-state index contributed by atoms with van der Waals surface area (Å²) in [4.78, 5) is 23.4. The van der Waals surface area contributed by atoms with E-state index in [1.165, 1.54) is 6.08 Å². The van der Waals surface area contributed by atoms with Crippen LogP contribution in [0.5, 0.6) is 0 Å². The van der Waals surface area contributed by atoms with Crippen LogP contribution >= 0.6 is 11.6 Å². The van der Waals surface area contributed by atoms with Crippen LogP contribution in [-0.2, 0) is 14.3 Å². The minimum Gasteiger partial charge on any atom is -0.452 e. The van der Waals surface area contributed by atoms with Crippen molar-refractivity contribution in [2.45, 2.75) is 13.0 Å². The Labute approximate surface area is 146 Å². The number of benzene rings is 2. The summed E-state index contributed by atoms with van der Waals surface area (Å²) in [6, 6.07) is 16.4. The number of hydrogen-bond acceptors (Lipinski definition) is 3. The lowest BCUT2D eigenvalue weighted by Crippen LogP contribution is -2.30. The Morgan fingerprint density at radius 3 is 2.46 bits per heavy atom. The predicted octanol–water partition coefficient (Wildman–Crippen LogP) is 3.77. The van der Waals surface area contributed by atoms with Crippen LogP contribution in [0.1, 0.15) is 24.1 Å². The van der Waals surface area contributed by atoms with Crippen molar-refractivity contribution in [3.63, 3.8) is 0 Å². The van der Waals surface area contributed by atoms with Crippen molar-refractivity contribution in [3.05, 3.63) is 76.8 Å². The maximum absolute atomic E-state index is 11.8. The third kappa shape index (κ3) is 5.89. The monoisotopic (exact) mass is 343 g/mol. The van der Waals surface area contributed by atoms with Crippen molar-refractivity contribution in [1.29, 1.82) is 0 Å². The third-order valence-corrected chi connectivity index (χ3v) is 3.56. The predicted molar refractivity (Wildman–Crippen MR) is 94.4 cm³/mol. The molecule has 1 amide bonds. The van der Waals surface area contributed by atoms with E-state index in [1.54, 1.807) is 30.3 Å². The number of nitrogens with one attached hydrogen (secondary N) is 1. The fourth-order valence-corrected chi connectivity index (χ4v) is 2.16. The van der Waals surface area contributed by atoms with Crippen molar-refractivity contribution in [2.24, 2.45) is 0 Å². The molecule has 0 fully saturated rings. The molecule has 0 saturated heterocycles. The van der Waals surface area contributed by atoms with Gasteiger partial charge in [0.25, 0.3) is 5.91 Å². The zero-order chi connectivity index (χ0) is 17.4. The lowest BCUT2D eigenvalue weighted by atomic mass is 10.1. The molecule has 0 heterocycles. The average molecular weight is 344 g/mol. The molecule has 0 aliphatic carbocycles. The van der Waals surface area contributed by atoms with Crippen LogP contribution < -0.4 is 5.32 Å². The summed E-state index contributed by atoms with van der Waals surface area (Å²) < 4.78 is 4.92. The van der Waals surface area contributed by atoms with Gasteiger partial charge >= 0.3 is 5.97 Å². The zero-order valence-electron chi connectivity index (χ0n) is 13.2. The van der Waals surface area contributed by atoms with Gasteiger partial charge in [-0.15, -0.1) is 0 Å². The summed E-state index contributed by atoms with van der Waals surface area (Å²) >= 11 is 5.78. The Morgan fingerprint density at radius 2 is 1.79 bits per heavy atom. The molecular weight excluding hydrogens is 326 g/mol. The molecule has 4 nitrogen and oxygen atoms in total. The van der Waals surface area contributed by atoms with Gasteiger partial charge in [-0.1, -0.05) is 54.1 Å². The van der Waals surface area contributed by atoms with Crippen LogP contribution in [-0.4, -0.2) is 18.5 Å². The number of carbonyl (C=O) groups is 2. The molecule has 0 bridgehead atoms. The first-order valence-electron chi connectivity index (χ1n) is 7.49. The highest BCUT2D eigenvalue weighted by molar-refractivity contribution is 6.30. The van der Waals surface area contributed by atoms with E-state index in [1.807, 2.05) is 37.3 Å². The van der Waals surface area contributed by atoms with Gasteiger partial charge in [0.15, 0.2) is 6.61 Å². The van der Waals surface area contributed by atoms with Gasteiger partial charge in [-0.3, -0.25) is 4.79 Å². The molecule has 124 valence electrons. The number of esters is 1. The van der Waals surface area contributed by atoms with Crippen molar-refractivity contribution in [3.8, 4) is 0 Å². The second-order valence-electron chi connectivity index (χ2n) is 5.19. The second kappa shape index (κ2) is 8.89. The fraction of sp³-hybridized carbons (Fsp3) is 0.158. The summed E-state index contributed by atoms with van der Waals surface area (Å²) in [5.41, 5.74) is 1.80. The number of amides is 1. The van der Waals surface area contributed by atoms with Gasteiger partial charge in [0.1, 0.15) is 0 Å². The SMILES string of the molecule is C[C@@H](NC(=O)COC(=O)/C=C/c1ccc(Cl)cc1)c1ccccc1. The number of carbonyl (C=O) groups excluding carboxylic acids is 2. The van der Waals surface area contributed by atoms with E-state index in [2.05, 4.69) is 5.32 Å². The maximum atomic E-state index is 11.8. The lowest BCUT2D eigenvalue weighted by molar-refractivity contribution is -0.144. The molecule has 1 N–H and O–H groups in total. The molecule has 0 radical (unpaired) electrons. The Morgan fingerprint density at radius 1 is 1.12 bits per heavy atom. The second-order valence-corrected chi connectivity index (χ2v) is 5.63. The normalized spacial score (nSPS) is 11.9. The van der Waals surface area contributed by atoms with Crippen LogP contribution in [0.4, 0.5) is 0 Å². The Bertz CT molecular complexity index is 711. The molecule has 0 aliphatic rings. The molecule has 24 heavy (non-hydrogen) atoms. The minimum absolute atomic E-state index is 0.151. The van der Waals surface area contributed by atoms with Gasteiger partial charge in [0.05, 0.1) is 6.04 Å². The number of halogens is 1. The van der Waals surface area contributed by atoms with Gasteiger partial charge in [-0.25, -0.2) is 4.79 Å². The van der Waals surface area contributed by atoms with E-state index in [9.17, 15) is 9.59 Å². The number of hydrogen-bond donors (Lipinski definition) is 1. The Balaban J connectivity index is 1.76. The smallest absolute Gasteiger partial charge is 0.331 e. The van der Waals surface area contributed by atoms with Gasteiger partial charge in [-0.05, 0) is 36.3 Å². The molecule has 0 unspecified atom stereocenters. The molecule has 0 saturated carbocycles. The summed E-state index contributed by atoms with van der Waals surface area (Å²) in [7, 11) is 0. The van der Waals surface area contributed by atoms with Gasteiger partial charge in [-0.2, -0.15) is 0 Å². The quantitative estimate of drug-likeness (QED) is 0.641. The number of ether oxygens (including phenoxy) is 1. The minimum atomic E-state index is -0.576. The van der Waals surface area contributed by atoms with Crippen molar-refractivity contribution in [1.82, 2.24) is 5.32 Å². The largest absolute Gasteiger partial charge is 0.452 e. The maximum Gasteiger partial charge on any atom is 0.331 e. The zero-order valence-corrected chi connectivity index (χ0v) is 14.0. The molecule has 0 spiro atoms. The van der Waals surface area contributed by atoms with Crippen molar-refractivity contribution >= 4 is 29.6 Å². The Kier molecular flexibility index (Phi) is 6.58. The van der Waals surface area contributed by atoms with E-state index < -0.39 is 5.97 Å². The summed E-state index contributed by atoms with van der Waals surface area (Å²) in [6.45, 7) is 1.55. The van der Waals surface area contributed by atoms with Crippen LogP contribution in [0.25, 0.3) is 6.08 Å². The number of rotatable bonds is 6. The highest BCUT2D eigenvalue weighted by atomic mass is 35.5. The first kappa shape index (κ1) is 17.8. The first-order valence-corrected chi connectivity index (χ1v) is 7.87. The van der Waals surface area contributed by atoms with Crippen molar-refractivity contribution in [2.75, 3.05) is 6.61 Å². The van der Waals surface area contributed by atoms with E-state index in [0.717, 1.165) is 11.1 Å². The van der Waals surface area contributed by atoms with Crippen LogP contribution in [0, 0.1) is 0 Å². The van der Waals surface area contributed by atoms with E-state index in [0.29, 0.717) is 5.02 Å². The molecule has 2 aromatic rings. The summed E-state index contributed by atoms with van der Waals surface area (Å²) in [5.74, 6) is -0.924. The molecule has 2 rings (SSSR count). The van der Waals surface area contributed by atoms with Gasteiger partial charge in [0, 0.05) is 11.1 Å². The average Bonchev–Trinajstić information content (AvgIpc) is 2.60. The first-order chi connectivity index (χ1) is 11.5. The fourth-order valence-electron chi connectivity index (χ4n) is 2.03. The standard InChI is InChI=1S/C19H18ClNO3/c1-14(16-5-3-2-4-6-16)21-18(22)13-24-19(23)12-9-15-7-10-17(20)11-8-15/h2-12,14H,13H2,1H3,(H,21,22)/b12-9+/t14-/m1/s1. The third-order valence-electron chi connectivity index (χ3n) is 3.30. The molecule has 0 aromatic heterocycles.